The number of carboxylic acid groups (broad SMARTS) is 1. The second-order valence-corrected chi connectivity index (χ2v) is 4.46. The Kier molecular flexibility index (Phi) is 4.85. The van der Waals surface area contributed by atoms with Crippen LogP contribution >= 0.6 is 0 Å². The lowest BCUT2D eigenvalue weighted by Crippen LogP contribution is -2.47. The van der Waals surface area contributed by atoms with Crippen LogP contribution in [0.5, 0.6) is 0 Å². The van der Waals surface area contributed by atoms with Crippen molar-refractivity contribution >= 4 is 11.9 Å². The summed E-state index contributed by atoms with van der Waals surface area (Å²) >= 11 is 0. The van der Waals surface area contributed by atoms with Crippen LogP contribution in [0.4, 0.5) is 0 Å². The Balaban J connectivity index is 2.73. The van der Waals surface area contributed by atoms with Crippen LogP contribution < -0.4 is 11.1 Å². The van der Waals surface area contributed by atoms with Crippen molar-refractivity contribution in [1.29, 1.82) is 0 Å². The van der Waals surface area contributed by atoms with E-state index in [-0.39, 0.29) is 5.92 Å². The van der Waals surface area contributed by atoms with Gasteiger partial charge in [-0.1, -0.05) is 44.2 Å². The smallest absolute Gasteiger partial charge is 0.326 e. The maximum Gasteiger partial charge on any atom is 0.326 e. The summed E-state index contributed by atoms with van der Waals surface area (Å²) in [6, 6.07) is 7.06. The number of nitrogens with two attached hydrogens (primary N) is 1. The molecule has 0 radical (unpaired) electrons. The third-order valence-corrected chi connectivity index (χ3v) is 2.67. The molecule has 1 aromatic rings. The quantitative estimate of drug-likeness (QED) is 0.724. The first kappa shape index (κ1) is 14.2. The highest BCUT2D eigenvalue weighted by Gasteiger charge is 2.26. The lowest BCUT2D eigenvalue weighted by Gasteiger charge is -2.20. The minimum Gasteiger partial charge on any atom is -0.480 e. The van der Waals surface area contributed by atoms with Crippen molar-refractivity contribution in [2.24, 2.45) is 11.7 Å². The lowest BCUT2D eigenvalue weighted by atomic mass is 10.0. The first-order valence-electron chi connectivity index (χ1n) is 5.77. The Labute approximate surface area is 106 Å². The molecule has 1 rings (SSSR count). The number of carbonyl (C=O) groups is 2. The maximum atomic E-state index is 11.9. The Hall–Kier alpha value is -1.88. The van der Waals surface area contributed by atoms with Gasteiger partial charge in [-0.3, -0.25) is 4.79 Å². The van der Waals surface area contributed by atoms with Gasteiger partial charge in [-0.2, -0.15) is 0 Å². The largest absolute Gasteiger partial charge is 0.480 e. The molecule has 98 valence electrons. The summed E-state index contributed by atoms with van der Waals surface area (Å²) in [7, 11) is 0. The number of aliphatic carboxylic acids is 1. The van der Waals surface area contributed by atoms with Gasteiger partial charge in [0.05, 0.1) is 0 Å². The van der Waals surface area contributed by atoms with Gasteiger partial charge in [-0.15, -0.1) is 0 Å². The van der Waals surface area contributed by atoms with E-state index in [1.165, 1.54) is 0 Å². The Bertz CT molecular complexity index is 418. The standard InChI is InChI=1S/C13H18N2O3/c1-8(2)11(13(17)18)15-12(16)10(14)9-6-4-3-5-7-9/h3-8,10-11H,14H2,1-2H3,(H,15,16)(H,17,18)/t10-,11+/m0/s1. The van der Waals surface area contributed by atoms with Crippen LogP contribution in [-0.2, 0) is 9.59 Å². The first-order valence-corrected chi connectivity index (χ1v) is 5.77. The van der Waals surface area contributed by atoms with E-state index in [9.17, 15) is 9.59 Å². The van der Waals surface area contributed by atoms with Crippen molar-refractivity contribution < 1.29 is 14.7 Å². The van der Waals surface area contributed by atoms with E-state index in [1.807, 2.05) is 6.07 Å². The molecular formula is C13H18N2O3. The summed E-state index contributed by atoms with van der Waals surface area (Å²) in [5.41, 5.74) is 6.44. The number of amides is 1. The fourth-order valence-corrected chi connectivity index (χ4v) is 1.57. The zero-order chi connectivity index (χ0) is 13.7. The van der Waals surface area contributed by atoms with E-state index < -0.39 is 24.0 Å². The first-order chi connectivity index (χ1) is 8.43. The molecular weight excluding hydrogens is 232 g/mol. The fraction of sp³-hybridized carbons (Fsp3) is 0.385. The fourth-order valence-electron chi connectivity index (χ4n) is 1.57. The third-order valence-electron chi connectivity index (χ3n) is 2.67. The van der Waals surface area contributed by atoms with E-state index in [1.54, 1.807) is 38.1 Å². The zero-order valence-electron chi connectivity index (χ0n) is 10.5. The summed E-state index contributed by atoms with van der Waals surface area (Å²) in [6.07, 6.45) is 0. The molecule has 5 heteroatoms. The number of nitrogens with one attached hydrogen (secondary N) is 1. The second kappa shape index (κ2) is 6.16. The van der Waals surface area contributed by atoms with E-state index in [0.29, 0.717) is 5.56 Å². The van der Waals surface area contributed by atoms with Crippen molar-refractivity contribution in [2.75, 3.05) is 0 Å². The zero-order valence-corrected chi connectivity index (χ0v) is 10.5. The van der Waals surface area contributed by atoms with Gasteiger partial charge < -0.3 is 16.2 Å². The summed E-state index contributed by atoms with van der Waals surface area (Å²) < 4.78 is 0. The molecule has 0 aliphatic heterocycles. The van der Waals surface area contributed by atoms with Gasteiger partial charge >= 0.3 is 5.97 Å². The summed E-state index contributed by atoms with van der Waals surface area (Å²) in [5.74, 6) is -1.74. The van der Waals surface area contributed by atoms with Crippen molar-refractivity contribution in [1.82, 2.24) is 5.32 Å². The van der Waals surface area contributed by atoms with Crippen molar-refractivity contribution in [3.05, 3.63) is 35.9 Å². The molecule has 0 unspecified atom stereocenters. The van der Waals surface area contributed by atoms with Crippen LogP contribution in [-0.4, -0.2) is 23.0 Å². The highest BCUT2D eigenvalue weighted by molar-refractivity contribution is 5.87. The normalized spacial score (nSPS) is 14.0. The average Bonchev–Trinajstić information content (AvgIpc) is 2.35. The number of benzene rings is 1. The van der Waals surface area contributed by atoms with Crippen LogP contribution in [0.1, 0.15) is 25.5 Å². The number of carboxylic acids is 1. The molecule has 2 atom stereocenters. The highest BCUT2D eigenvalue weighted by Crippen LogP contribution is 2.11. The summed E-state index contributed by atoms with van der Waals surface area (Å²) in [5, 5.41) is 11.4. The van der Waals surface area contributed by atoms with Crippen LogP contribution in [0.2, 0.25) is 0 Å². The molecule has 4 N–H and O–H groups in total. The number of rotatable bonds is 5. The van der Waals surface area contributed by atoms with E-state index in [4.69, 9.17) is 10.8 Å². The van der Waals surface area contributed by atoms with Crippen LogP contribution in [0.15, 0.2) is 30.3 Å². The average molecular weight is 250 g/mol. The molecule has 0 saturated heterocycles. The second-order valence-electron chi connectivity index (χ2n) is 4.46. The minimum absolute atomic E-state index is 0.200. The number of hydrogen-bond acceptors (Lipinski definition) is 3. The van der Waals surface area contributed by atoms with Gasteiger partial charge in [0.15, 0.2) is 0 Å². The maximum absolute atomic E-state index is 11.9. The molecule has 0 aliphatic rings. The Morgan fingerprint density at radius 3 is 2.22 bits per heavy atom. The van der Waals surface area contributed by atoms with Gasteiger partial charge in [-0.05, 0) is 11.5 Å². The van der Waals surface area contributed by atoms with Crippen LogP contribution in [0.3, 0.4) is 0 Å². The molecule has 0 heterocycles. The van der Waals surface area contributed by atoms with E-state index in [2.05, 4.69) is 5.32 Å². The van der Waals surface area contributed by atoms with Crippen LogP contribution in [0.25, 0.3) is 0 Å². The lowest BCUT2D eigenvalue weighted by molar-refractivity contribution is -0.143. The van der Waals surface area contributed by atoms with Gasteiger partial charge in [0.2, 0.25) is 5.91 Å². The molecule has 5 nitrogen and oxygen atoms in total. The molecule has 1 amide bonds. The predicted molar refractivity (Wildman–Crippen MR) is 67.8 cm³/mol. The number of hydrogen-bond donors (Lipinski definition) is 3. The predicted octanol–water partition coefficient (Wildman–Crippen LogP) is 0.912. The van der Waals surface area contributed by atoms with Gasteiger partial charge in [0.25, 0.3) is 0 Å². The van der Waals surface area contributed by atoms with Crippen molar-refractivity contribution in [2.45, 2.75) is 25.9 Å². The van der Waals surface area contributed by atoms with Gasteiger partial charge in [0, 0.05) is 0 Å². The molecule has 0 saturated carbocycles. The molecule has 0 spiro atoms. The summed E-state index contributed by atoms with van der Waals surface area (Å²) in [4.78, 5) is 22.8. The Morgan fingerprint density at radius 2 is 1.78 bits per heavy atom. The van der Waals surface area contributed by atoms with Crippen molar-refractivity contribution in [3.63, 3.8) is 0 Å². The molecule has 18 heavy (non-hydrogen) atoms. The minimum atomic E-state index is -1.06. The third kappa shape index (κ3) is 3.56. The molecule has 0 aromatic heterocycles. The Morgan fingerprint density at radius 1 is 1.22 bits per heavy atom. The van der Waals surface area contributed by atoms with Crippen molar-refractivity contribution in [3.8, 4) is 0 Å². The monoisotopic (exact) mass is 250 g/mol. The summed E-state index contributed by atoms with van der Waals surface area (Å²) in [6.45, 7) is 3.46. The SMILES string of the molecule is CC(C)[C@@H](NC(=O)[C@@H](N)c1ccccc1)C(=O)O. The molecule has 0 bridgehead atoms. The van der Waals surface area contributed by atoms with Gasteiger partial charge in [-0.25, -0.2) is 4.79 Å². The highest BCUT2D eigenvalue weighted by atomic mass is 16.4. The number of carbonyl (C=O) groups excluding carboxylic acids is 1. The topological polar surface area (TPSA) is 92.4 Å². The van der Waals surface area contributed by atoms with Gasteiger partial charge in [0.1, 0.15) is 12.1 Å². The van der Waals surface area contributed by atoms with Crippen LogP contribution in [0, 0.1) is 5.92 Å². The molecule has 1 aromatic carbocycles. The van der Waals surface area contributed by atoms with E-state index >= 15 is 0 Å². The molecule has 0 fully saturated rings. The molecule has 0 aliphatic carbocycles. The van der Waals surface area contributed by atoms with E-state index in [0.717, 1.165) is 0 Å².